The lowest BCUT2D eigenvalue weighted by molar-refractivity contribution is 0.0158. The van der Waals surface area contributed by atoms with Crippen LogP contribution in [0, 0.1) is 5.82 Å². The van der Waals surface area contributed by atoms with Gasteiger partial charge in [-0.05, 0) is 32.9 Å². The Labute approximate surface area is 96.8 Å². The fourth-order valence-corrected chi connectivity index (χ4v) is 1.36. The molecule has 0 amide bonds. The van der Waals surface area contributed by atoms with E-state index in [9.17, 15) is 4.39 Å². The van der Waals surface area contributed by atoms with E-state index in [1.165, 1.54) is 6.07 Å². The lowest BCUT2D eigenvalue weighted by Crippen LogP contribution is -2.28. The Morgan fingerprint density at radius 3 is 2.62 bits per heavy atom. The van der Waals surface area contributed by atoms with E-state index in [4.69, 9.17) is 4.74 Å². The normalized spacial score (nSPS) is 11.8. The van der Waals surface area contributed by atoms with Crippen LogP contribution in [0.2, 0.25) is 0 Å². The van der Waals surface area contributed by atoms with Gasteiger partial charge in [-0.15, -0.1) is 0 Å². The Morgan fingerprint density at radius 1 is 1.31 bits per heavy atom. The van der Waals surface area contributed by atoms with Crippen molar-refractivity contribution in [3.63, 3.8) is 0 Å². The van der Waals surface area contributed by atoms with Crippen molar-refractivity contribution < 1.29 is 9.13 Å². The van der Waals surface area contributed by atoms with Gasteiger partial charge in [0.1, 0.15) is 5.82 Å². The summed E-state index contributed by atoms with van der Waals surface area (Å²) in [5, 5.41) is 3.21. The standard InChI is InChI=1S/C13H20FNO/c1-13(2,16-3)8-9-15-10-11-6-4-5-7-12(11)14/h4-7,15H,8-10H2,1-3H3. The monoisotopic (exact) mass is 225 g/mol. The quantitative estimate of drug-likeness (QED) is 0.752. The summed E-state index contributed by atoms with van der Waals surface area (Å²) >= 11 is 0. The molecule has 0 spiro atoms. The molecule has 1 rings (SSSR count). The molecule has 3 heteroatoms. The molecule has 0 saturated heterocycles. The molecule has 0 aliphatic rings. The molecule has 0 aliphatic heterocycles. The first kappa shape index (κ1) is 13.1. The van der Waals surface area contributed by atoms with Crippen LogP contribution < -0.4 is 5.32 Å². The van der Waals surface area contributed by atoms with Crippen molar-refractivity contribution in [3.05, 3.63) is 35.6 Å². The van der Waals surface area contributed by atoms with Crippen molar-refractivity contribution in [2.75, 3.05) is 13.7 Å². The van der Waals surface area contributed by atoms with Gasteiger partial charge in [-0.1, -0.05) is 18.2 Å². The summed E-state index contributed by atoms with van der Waals surface area (Å²) in [4.78, 5) is 0. The van der Waals surface area contributed by atoms with E-state index in [0.29, 0.717) is 12.1 Å². The van der Waals surface area contributed by atoms with E-state index in [-0.39, 0.29) is 11.4 Å². The third-order valence-electron chi connectivity index (χ3n) is 2.73. The topological polar surface area (TPSA) is 21.3 Å². The van der Waals surface area contributed by atoms with Crippen LogP contribution in [-0.2, 0) is 11.3 Å². The largest absolute Gasteiger partial charge is 0.379 e. The number of hydrogen-bond acceptors (Lipinski definition) is 2. The Morgan fingerprint density at radius 2 is 2.00 bits per heavy atom. The zero-order chi connectivity index (χ0) is 12.0. The van der Waals surface area contributed by atoms with Crippen LogP contribution in [0.15, 0.2) is 24.3 Å². The average Bonchev–Trinajstić information content (AvgIpc) is 2.27. The first-order valence-electron chi connectivity index (χ1n) is 5.54. The minimum atomic E-state index is -0.152. The average molecular weight is 225 g/mol. The van der Waals surface area contributed by atoms with Gasteiger partial charge >= 0.3 is 0 Å². The van der Waals surface area contributed by atoms with Crippen LogP contribution in [0.1, 0.15) is 25.8 Å². The molecular formula is C13H20FNO. The number of methoxy groups -OCH3 is 1. The number of rotatable bonds is 6. The highest BCUT2D eigenvalue weighted by molar-refractivity contribution is 5.16. The summed E-state index contributed by atoms with van der Waals surface area (Å²) in [6, 6.07) is 6.83. The minimum Gasteiger partial charge on any atom is -0.379 e. The molecular weight excluding hydrogens is 205 g/mol. The van der Waals surface area contributed by atoms with Gasteiger partial charge < -0.3 is 10.1 Å². The van der Waals surface area contributed by atoms with Crippen molar-refractivity contribution in [1.29, 1.82) is 0 Å². The van der Waals surface area contributed by atoms with Crippen LogP contribution in [-0.4, -0.2) is 19.3 Å². The van der Waals surface area contributed by atoms with Crippen molar-refractivity contribution in [1.82, 2.24) is 5.32 Å². The molecule has 0 aliphatic carbocycles. The maximum absolute atomic E-state index is 13.3. The highest BCUT2D eigenvalue weighted by Crippen LogP contribution is 2.12. The van der Waals surface area contributed by atoms with Crippen molar-refractivity contribution in [3.8, 4) is 0 Å². The Kier molecular flexibility index (Phi) is 4.90. The molecule has 2 nitrogen and oxygen atoms in total. The number of nitrogens with one attached hydrogen (secondary N) is 1. The summed E-state index contributed by atoms with van der Waals surface area (Å²) in [6.45, 7) is 5.46. The van der Waals surface area contributed by atoms with E-state index < -0.39 is 0 Å². The van der Waals surface area contributed by atoms with Crippen molar-refractivity contribution >= 4 is 0 Å². The summed E-state index contributed by atoms with van der Waals surface area (Å²) in [6.07, 6.45) is 0.901. The smallest absolute Gasteiger partial charge is 0.127 e. The lowest BCUT2D eigenvalue weighted by atomic mass is 10.1. The van der Waals surface area contributed by atoms with Crippen LogP contribution >= 0.6 is 0 Å². The maximum atomic E-state index is 13.3. The molecule has 1 aromatic carbocycles. The second kappa shape index (κ2) is 5.97. The third-order valence-corrected chi connectivity index (χ3v) is 2.73. The first-order valence-corrected chi connectivity index (χ1v) is 5.54. The SMILES string of the molecule is COC(C)(C)CCNCc1ccccc1F. The predicted molar refractivity (Wildman–Crippen MR) is 63.8 cm³/mol. The van der Waals surface area contributed by atoms with Gasteiger partial charge in [0.15, 0.2) is 0 Å². The van der Waals surface area contributed by atoms with Gasteiger partial charge in [0.25, 0.3) is 0 Å². The van der Waals surface area contributed by atoms with Crippen molar-refractivity contribution in [2.24, 2.45) is 0 Å². The molecule has 0 fully saturated rings. The Balaban J connectivity index is 2.29. The zero-order valence-corrected chi connectivity index (χ0v) is 10.2. The molecule has 0 aromatic heterocycles. The molecule has 0 heterocycles. The summed E-state index contributed by atoms with van der Waals surface area (Å²) in [7, 11) is 1.71. The second-order valence-corrected chi connectivity index (χ2v) is 4.48. The van der Waals surface area contributed by atoms with E-state index in [0.717, 1.165) is 13.0 Å². The highest BCUT2D eigenvalue weighted by atomic mass is 19.1. The fourth-order valence-electron chi connectivity index (χ4n) is 1.36. The molecule has 0 radical (unpaired) electrons. The molecule has 0 bridgehead atoms. The molecule has 90 valence electrons. The van der Waals surface area contributed by atoms with Crippen LogP contribution in [0.5, 0.6) is 0 Å². The number of hydrogen-bond donors (Lipinski definition) is 1. The van der Waals surface area contributed by atoms with Crippen LogP contribution in [0.25, 0.3) is 0 Å². The van der Waals surface area contributed by atoms with Crippen LogP contribution in [0.3, 0.4) is 0 Å². The van der Waals surface area contributed by atoms with Gasteiger partial charge in [-0.2, -0.15) is 0 Å². The lowest BCUT2D eigenvalue weighted by Gasteiger charge is -2.22. The van der Waals surface area contributed by atoms with Gasteiger partial charge in [-0.25, -0.2) is 4.39 Å². The molecule has 0 atom stereocenters. The van der Waals surface area contributed by atoms with E-state index in [1.54, 1.807) is 19.2 Å². The second-order valence-electron chi connectivity index (χ2n) is 4.48. The fraction of sp³-hybridized carbons (Fsp3) is 0.538. The number of ether oxygens (including phenoxy) is 1. The Hall–Kier alpha value is -0.930. The maximum Gasteiger partial charge on any atom is 0.127 e. The summed E-state index contributed by atoms with van der Waals surface area (Å²) < 4.78 is 18.6. The van der Waals surface area contributed by atoms with E-state index in [2.05, 4.69) is 5.32 Å². The zero-order valence-electron chi connectivity index (χ0n) is 10.2. The third kappa shape index (κ3) is 4.29. The summed E-state index contributed by atoms with van der Waals surface area (Å²) in [5.74, 6) is -0.152. The molecule has 0 unspecified atom stereocenters. The highest BCUT2D eigenvalue weighted by Gasteiger charge is 2.14. The molecule has 1 N–H and O–H groups in total. The summed E-state index contributed by atoms with van der Waals surface area (Å²) in [5.41, 5.74) is 0.583. The molecule has 1 aromatic rings. The number of halogens is 1. The van der Waals surface area contributed by atoms with E-state index in [1.807, 2.05) is 19.9 Å². The van der Waals surface area contributed by atoms with Gasteiger partial charge in [0, 0.05) is 19.2 Å². The minimum absolute atomic E-state index is 0.123. The van der Waals surface area contributed by atoms with Crippen molar-refractivity contribution in [2.45, 2.75) is 32.4 Å². The Bertz CT molecular complexity index is 325. The van der Waals surface area contributed by atoms with Gasteiger partial charge in [0.05, 0.1) is 5.60 Å². The van der Waals surface area contributed by atoms with Crippen LogP contribution in [0.4, 0.5) is 4.39 Å². The van der Waals surface area contributed by atoms with Gasteiger partial charge in [-0.3, -0.25) is 0 Å². The molecule has 0 saturated carbocycles. The molecule has 16 heavy (non-hydrogen) atoms. The first-order chi connectivity index (χ1) is 7.55. The van der Waals surface area contributed by atoms with E-state index >= 15 is 0 Å². The number of benzene rings is 1. The van der Waals surface area contributed by atoms with Gasteiger partial charge in [0.2, 0.25) is 0 Å². The predicted octanol–water partition coefficient (Wildman–Crippen LogP) is 2.73.